The van der Waals surface area contributed by atoms with Crippen molar-refractivity contribution in [3.8, 4) is 5.75 Å². The van der Waals surface area contributed by atoms with Gasteiger partial charge in [0.25, 0.3) is 0 Å². The Hall–Kier alpha value is -1.85. The first-order valence-electron chi connectivity index (χ1n) is 6.31. The van der Waals surface area contributed by atoms with Crippen molar-refractivity contribution in [2.45, 2.75) is 32.7 Å². The maximum Gasteiger partial charge on any atom is 0.407 e. The van der Waals surface area contributed by atoms with Gasteiger partial charge in [-0.25, -0.2) is 13.6 Å². The molecule has 4 nitrogen and oxygen atoms in total. The molecule has 0 atom stereocenters. The van der Waals surface area contributed by atoms with Gasteiger partial charge in [-0.05, 0) is 32.9 Å². The number of ether oxygens (including phenoxy) is 2. The van der Waals surface area contributed by atoms with Gasteiger partial charge in [0.15, 0.2) is 11.6 Å². The summed E-state index contributed by atoms with van der Waals surface area (Å²) in [5, 5.41) is 2.63. The number of alkyl carbamates (subject to hydrolysis) is 1. The predicted octanol–water partition coefficient (Wildman–Crippen LogP) is 3.26. The summed E-state index contributed by atoms with van der Waals surface area (Å²) in [6.45, 7) is 5.78. The van der Waals surface area contributed by atoms with Gasteiger partial charge in [-0.15, -0.1) is 0 Å². The molecule has 0 radical (unpaired) electrons. The summed E-state index contributed by atoms with van der Waals surface area (Å²) < 4.78 is 36.1. The monoisotopic (exact) mass is 287 g/mol. The van der Waals surface area contributed by atoms with Crippen LogP contribution >= 0.6 is 0 Å². The third-order valence-electron chi connectivity index (χ3n) is 2.15. The van der Waals surface area contributed by atoms with Gasteiger partial charge in [0.1, 0.15) is 5.82 Å². The van der Waals surface area contributed by atoms with Crippen molar-refractivity contribution in [2.24, 2.45) is 0 Å². The largest absolute Gasteiger partial charge is 0.490 e. The number of hydrogen-bond acceptors (Lipinski definition) is 3. The molecule has 1 aromatic carbocycles. The average molecular weight is 287 g/mol. The van der Waals surface area contributed by atoms with Crippen molar-refractivity contribution in [3.63, 3.8) is 0 Å². The minimum Gasteiger partial charge on any atom is -0.490 e. The zero-order valence-electron chi connectivity index (χ0n) is 11.8. The fourth-order valence-corrected chi connectivity index (χ4v) is 1.34. The van der Waals surface area contributed by atoms with Crippen LogP contribution in [0.25, 0.3) is 0 Å². The van der Waals surface area contributed by atoms with Crippen LogP contribution in [0, 0.1) is 11.6 Å². The minimum absolute atomic E-state index is 0.128. The lowest BCUT2D eigenvalue weighted by Crippen LogP contribution is -2.41. The van der Waals surface area contributed by atoms with Crippen LogP contribution in [0.4, 0.5) is 13.6 Å². The zero-order chi connectivity index (χ0) is 15.2. The molecule has 0 aliphatic carbocycles. The number of benzene rings is 1. The third kappa shape index (κ3) is 6.36. The normalized spacial score (nSPS) is 11.1. The molecule has 0 heterocycles. The van der Waals surface area contributed by atoms with Gasteiger partial charge in [0.05, 0.1) is 13.2 Å². The number of carbonyl (C=O) groups is 1. The lowest BCUT2D eigenvalue weighted by atomic mass is 10.1. The van der Waals surface area contributed by atoms with E-state index < -0.39 is 17.7 Å². The van der Waals surface area contributed by atoms with Gasteiger partial charge in [-0.1, -0.05) is 0 Å². The summed E-state index contributed by atoms with van der Waals surface area (Å²) in [5.41, 5.74) is -0.363. The van der Waals surface area contributed by atoms with E-state index in [4.69, 9.17) is 9.47 Å². The first-order valence-corrected chi connectivity index (χ1v) is 6.31. The van der Waals surface area contributed by atoms with Crippen LogP contribution < -0.4 is 10.1 Å². The van der Waals surface area contributed by atoms with Crippen molar-refractivity contribution in [1.82, 2.24) is 5.32 Å². The van der Waals surface area contributed by atoms with Gasteiger partial charge < -0.3 is 14.8 Å². The standard InChI is InChI=1S/C14H19F2NO3/c1-14(2,3)17-13(18)20-8-4-7-19-12-9-10(15)5-6-11(12)16/h5-6,9H,4,7-8H2,1-3H3,(H,17,18). The van der Waals surface area contributed by atoms with Crippen molar-refractivity contribution in [3.05, 3.63) is 29.8 Å². The number of nitrogens with one attached hydrogen (secondary N) is 1. The van der Waals surface area contributed by atoms with Crippen LogP contribution in [0.5, 0.6) is 5.75 Å². The highest BCUT2D eigenvalue weighted by atomic mass is 19.1. The molecule has 1 N–H and O–H groups in total. The summed E-state index contributed by atoms with van der Waals surface area (Å²) in [5.74, 6) is -1.34. The van der Waals surface area contributed by atoms with E-state index in [0.29, 0.717) is 6.42 Å². The number of amides is 1. The quantitative estimate of drug-likeness (QED) is 0.846. The highest BCUT2D eigenvalue weighted by molar-refractivity contribution is 5.67. The van der Waals surface area contributed by atoms with Crippen LogP contribution in [0.3, 0.4) is 0 Å². The third-order valence-corrected chi connectivity index (χ3v) is 2.15. The second-order valence-corrected chi connectivity index (χ2v) is 5.29. The fourth-order valence-electron chi connectivity index (χ4n) is 1.34. The molecule has 6 heteroatoms. The zero-order valence-corrected chi connectivity index (χ0v) is 11.8. The van der Waals surface area contributed by atoms with Gasteiger partial charge in [0, 0.05) is 18.0 Å². The number of hydrogen-bond donors (Lipinski definition) is 1. The van der Waals surface area contributed by atoms with E-state index in [9.17, 15) is 13.6 Å². The highest BCUT2D eigenvalue weighted by Gasteiger charge is 2.14. The van der Waals surface area contributed by atoms with Crippen LogP contribution in [0.15, 0.2) is 18.2 Å². The Morgan fingerprint density at radius 1 is 1.25 bits per heavy atom. The first-order chi connectivity index (χ1) is 9.28. The molecule has 0 aromatic heterocycles. The van der Waals surface area contributed by atoms with Crippen molar-refractivity contribution in [2.75, 3.05) is 13.2 Å². The molecule has 112 valence electrons. The molecule has 1 amide bonds. The Balaban J connectivity index is 2.22. The van der Waals surface area contributed by atoms with Crippen molar-refractivity contribution < 1.29 is 23.0 Å². The summed E-state index contributed by atoms with van der Waals surface area (Å²) >= 11 is 0. The Morgan fingerprint density at radius 2 is 1.95 bits per heavy atom. The lowest BCUT2D eigenvalue weighted by Gasteiger charge is -2.19. The molecule has 0 saturated heterocycles. The van der Waals surface area contributed by atoms with E-state index in [0.717, 1.165) is 18.2 Å². The minimum atomic E-state index is -0.627. The van der Waals surface area contributed by atoms with Crippen molar-refractivity contribution >= 4 is 6.09 Å². The molecule has 0 aliphatic rings. The van der Waals surface area contributed by atoms with Crippen LogP contribution in [0.1, 0.15) is 27.2 Å². The summed E-state index contributed by atoms with van der Waals surface area (Å²) in [4.78, 5) is 11.3. The summed E-state index contributed by atoms with van der Waals surface area (Å²) in [6, 6.07) is 2.99. The second kappa shape index (κ2) is 7.07. The average Bonchev–Trinajstić information content (AvgIpc) is 2.30. The smallest absolute Gasteiger partial charge is 0.407 e. The summed E-state index contributed by atoms with van der Waals surface area (Å²) in [7, 11) is 0. The molecule has 1 rings (SSSR count). The molecule has 0 bridgehead atoms. The number of rotatable bonds is 5. The Kier molecular flexibility index (Phi) is 5.73. The molecule has 0 fully saturated rings. The molecular formula is C14H19F2NO3. The molecule has 1 aromatic rings. The van der Waals surface area contributed by atoms with E-state index in [2.05, 4.69) is 5.32 Å². The Morgan fingerprint density at radius 3 is 2.60 bits per heavy atom. The van der Waals surface area contributed by atoms with E-state index in [1.54, 1.807) is 0 Å². The van der Waals surface area contributed by atoms with Gasteiger partial charge in [-0.3, -0.25) is 0 Å². The van der Waals surface area contributed by atoms with Crippen LogP contribution in [-0.4, -0.2) is 24.8 Å². The van der Waals surface area contributed by atoms with Crippen LogP contribution in [-0.2, 0) is 4.74 Å². The fraction of sp³-hybridized carbons (Fsp3) is 0.500. The Bertz CT molecular complexity index is 458. The second-order valence-electron chi connectivity index (χ2n) is 5.29. The highest BCUT2D eigenvalue weighted by Crippen LogP contribution is 2.17. The predicted molar refractivity (Wildman–Crippen MR) is 70.7 cm³/mol. The van der Waals surface area contributed by atoms with Gasteiger partial charge >= 0.3 is 6.09 Å². The molecule has 0 aliphatic heterocycles. The molecule has 0 unspecified atom stereocenters. The topological polar surface area (TPSA) is 47.6 Å². The Labute approximate surface area is 117 Å². The SMILES string of the molecule is CC(C)(C)NC(=O)OCCCOc1cc(F)ccc1F. The first kappa shape index (κ1) is 16.2. The molecular weight excluding hydrogens is 268 g/mol. The van der Waals surface area contributed by atoms with E-state index >= 15 is 0 Å². The van der Waals surface area contributed by atoms with Gasteiger partial charge in [-0.2, -0.15) is 0 Å². The number of carbonyl (C=O) groups excluding carboxylic acids is 1. The maximum absolute atomic E-state index is 13.2. The maximum atomic E-state index is 13.2. The lowest BCUT2D eigenvalue weighted by molar-refractivity contribution is 0.129. The van der Waals surface area contributed by atoms with E-state index in [1.807, 2.05) is 20.8 Å². The molecule has 0 saturated carbocycles. The van der Waals surface area contributed by atoms with E-state index in [1.165, 1.54) is 0 Å². The van der Waals surface area contributed by atoms with E-state index in [-0.39, 0.29) is 24.5 Å². The van der Waals surface area contributed by atoms with Crippen molar-refractivity contribution in [1.29, 1.82) is 0 Å². The molecule has 20 heavy (non-hydrogen) atoms. The molecule has 0 spiro atoms. The summed E-state index contributed by atoms with van der Waals surface area (Å²) in [6.07, 6.45) is -0.137. The number of halogens is 2. The van der Waals surface area contributed by atoms with Crippen LogP contribution in [0.2, 0.25) is 0 Å². The van der Waals surface area contributed by atoms with Gasteiger partial charge in [0.2, 0.25) is 0 Å².